The fourth-order valence-corrected chi connectivity index (χ4v) is 5.00. The summed E-state index contributed by atoms with van der Waals surface area (Å²) in [6, 6.07) is 17.3. The van der Waals surface area contributed by atoms with E-state index in [1.165, 1.54) is 11.3 Å². The van der Waals surface area contributed by atoms with E-state index in [-0.39, 0.29) is 17.7 Å². The lowest BCUT2D eigenvalue weighted by atomic mass is 10.0. The molecule has 7 nitrogen and oxygen atoms in total. The van der Waals surface area contributed by atoms with Crippen molar-refractivity contribution in [1.82, 2.24) is 10.6 Å². The van der Waals surface area contributed by atoms with Crippen molar-refractivity contribution in [2.75, 3.05) is 17.6 Å². The minimum absolute atomic E-state index is 0.241. The van der Waals surface area contributed by atoms with E-state index < -0.39 is 6.04 Å². The molecule has 2 heterocycles. The predicted molar refractivity (Wildman–Crippen MR) is 151 cm³/mol. The SMILES string of the molecule is CCCNC(=O)[C@H](Cc1ccc(C(=O)Nc2cc(-c3ccsc3)ccc2N)cc1)NC(=O)c1cccs1. The number of benzene rings is 2. The molecule has 0 bridgehead atoms. The molecule has 190 valence electrons. The Morgan fingerprint density at radius 2 is 1.76 bits per heavy atom. The van der Waals surface area contributed by atoms with Crippen LogP contribution in [-0.4, -0.2) is 30.3 Å². The molecule has 5 N–H and O–H groups in total. The Kier molecular flexibility index (Phi) is 8.71. The molecule has 4 aromatic rings. The summed E-state index contributed by atoms with van der Waals surface area (Å²) in [7, 11) is 0. The van der Waals surface area contributed by atoms with Crippen molar-refractivity contribution >= 4 is 51.8 Å². The van der Waals surface area contributed by atoms with Crippen molar-refractivity contribution in [3.63, 3.8) is 0 Å². The number of amides is 3. The Bertz CT molecular complexity index is 1350. The summed E-state index contributed by atoms with van der Waals surface area (Å²) in [5, 5.41) is 14.4. The molecule has 9 heteroatoms. The van der Waals surface area contributed by atoms with Crippen LogP contribution in [0.25, 0.3) is 11.1 Å². The van der Waals surface area contributed by atoms with Gasteiger partial charge in [-0.2, -0.15) is 11.3 Å². The molecule has 3 amide bonds. The van der Waals surface area contributed by atoms with Gasteiger partial charge in [0.25, 0.3) is 11.8 Å². The Morgan fingerprint density at radius 3 is 2.43 bits per heavy atom. The van der Waals surface area contributed by atoms with Gasteiger partial charge >= 0.3 is 0 Å². The molecule has 2 aromatic carbocycles. The molecule has 0 aliphatic heterocycles. The van der Waals surface area contributed by atoms with E-state index >= 15 is 0 Å². The third-order valence-electron chi connectivity index (χ3n) is 5.73. The van der Waals surface area contributed by atoms with Crippen LogP contribution < -0.4 is 21.7 Å². The molecule has 0 radical (unpaired) electrons. The maximum atomic E-state index is 12.9. The fourth-order valence-electron chi connectivity index (χ4n) is 3.71. The average Bonchev–Trinajstić information content (AvgIpc) is 3.63. The minimum atomic E-state index is -0.736. The zero-order valence-corrected chi connectivity index (χ0v) is 22.0. The molecule has 0 saturated carbocycles. The zero-order chi connectivity index (χ0) is 26.2. The van der Waals surface area contributed by atoms with Crippen molar-refractivity contribution in [1.29, 1.82) is 0 Å². The number of nitrogens with two attached hydrogens (primary N) is 1. The molecular formula is C28H28N4O3S2. The van der Waals surface area contributed by atoms with E-state index in [4.69, 9.17) is 5.73 Å². The lowest BCUT2D eigenvalue weighted by molar-refractivity contribution is -0.122. The van der Waals surface area contributed by atoms with E-state index in [0.29, 0.717) is 34.8 Å². The van der Waals surface area contributed by atoms with Crippen LogP contribution in [0, 0.1) is 0 Å². The predicted octanol–water partition coefficient (Wildman–Crippen LogP) is 5.18. The Balaban J connectivity index is 1.44. The number of rotatable bonds is 10. The van der Waals surface area contributed by atoms with E-state index in [2.05, 4.69) is 16.0 Å². The van der Waals surface area contributed by atoms with E-state index in [0.717, 1.165) is 23.1 Å². The van der Waals surface area contributed by atoms with Crippen molar-refractivity contribution in [2.24, 2.45) is 0 Å². The highest BCUT2D eigenvalue weighted by molar-refractivity contribution is 7.12. The first kappa shape index (κ1) is 26.1. The second-order valence-corrected chi connectivity index (χ2v) is 10.2. The second-order valence-electron chi connectivity index (χ2n) is 8.46. The van der Waals surface area contributed by atoms with Gasteiger partial charge in [-0.15, -0.1) is 11.3 Å². The highest BCUT2D eigenvalue weighted by atomic mass is 32.1. The van der Waals surface area contributed by atoms with Crippen LogP contribution >= 0.6 is 22.7 Å². The summed E-state index contributed by atoms with van der Waals surface area (Å²) in [6.45, 7) is 2.50. The molecule has 0 unspecified atom stereocenters. The minimum Gasteiger partial charge on any atom is -0.397 e. The Labute approximate surface area is 223 Å². The zero-order valence-electron chi connectivity index (χ0n) is 20.3. The van der Waals surface area contributed by atoms with Crippen molar-refractivity contribution in [2.45, 2.75) is 25.8 Å². The number of nitrogens with one attached hydrogen (secondary N) is 3. The average molecular weight is 533 g/mol. The van der Waals surface area contributed by atoms with Gasteiger partial charge in [-0.3, -0.25) is 14.4 Å². The van der Waals surface area contributed by atoms with Crippen molar-refractivity contribution < 1.29 is 14.4 Å². The Hall–Kier alpha value is -3.95. The van der Waals surface area contributed by atoms with E-state index in [1.807, 2.05) is 41.3 Å². The number of thiophene rings is 2. The molecular weight excluding hydrogens is 504 g/mol. The molecule has 0 spiro atoms. The molecule has 0 fully saturated rings. The van der Waals surface area contributed by atoms with Crippen molar-refractivity contribution in [3.05, 3.63) is 92.8 Å². The second kappa shape index (κ2) is 12.3. The summed E-state index contributed by atoms with van der Waals surface area (Å²) in [6.07, 6.45) is 1.09. The third-order valence-corrected chi connectivity index (χ3v) is 7.28. The number of anilines is 2. The molecule has 0 aliphatic carbocycles. The van der Waals surface area contributed by atoms with E-state index in [1.54, 1.807) is 53.8 Å². The van der Waals surface area contributed by atoms with Crippen LogP contribution in [0.2, 0.25) is 0 Å². The number of hydrogen-bond donors (Lipinski definition) is 4. The first-order valence-corrected chi connectivity index (χ1v) is 13.7. The van der Waals surface area contributed by atoms with Crippen LogP contribution in [-0.2, 0) is 11.2 Å². The summed E-state index contributed by atoms with van der Waals surface area (Å²) in [5.74, 6) is -0.816. The van der Waals surface area contributed by atoms with Gasteiger partial charge in [0.05, 0.1) is 16.3 Å². The molecule has 37 heavy (non-hydrogen) atoms. The lowest BCUT2D eigenvalue weighted by Gasteiger charge is -2.18. The quantitative estimate of drug-likeness (QED) is 0.211. The summed E-state index contributed by atoms with van der Waals surface area (Å²) in [4.78, 5) is 38.8. The number of hydrogen-bond acceptors (Lipinski definition) is 6. The molecule has 0 saturated heterocycles. The molecule has 4 rings (SSSR count). The highest BCUT2D eigenvalue weighted by Crippen LogP contribution is 2.29. The van der Waals surface area contributed by atoms with Crippen LogP contribution in [0.4, 0.5) is 11.4 Å². The summed E-state index contributed by atoms with van der Waals surface area (Å²) < 4.78 is 0. The fraction of sp³-hybridized carbons (Fsp3) is 0.179. The normalized spacial score (nSPS) is 11.5. The summed E-state index contributed by atoms with van der Waals surface area (Å²) in [5.41, 5.74) is 10.4. The van der Waals surface area contributed by atoms with Crippen LogP contribution in [0.1, 0.15) is 38.9 Å². The smallest absolute Gasteiger partial charge is 0.262 e. The largest absolute Gasteiger partial charge is 0.397 e. The number of nitrogen functional groups attached to an aromatic ring is 1. The van der Waals surface area contributed by atoms with Gasteiger partial charge in [0.15, 0.2) is 0 Å². The monoisotopic (exact) mass is 532 g/mol. The van der Waals surface area contributed by atoms with Gasteiger partial charge in [0.1, 0.15) is 6.04 Å². The van der Waals surface area contributed by atoms with Gasteiger partial charge in [-0.1, -0.05) is 31.2 Å². The first-order chi connectivity index (χ1) is 17.9. The number of carbonyl (C=O) groups excluding carboxylic acids is 3. The molecule has 0 aliphatic rings. The third kappa shape index (κ3) is 6.84. The first-order valence-electron chi connectivity index (χ1n) is 11.9. The van der Waals surface area contributed by atoms with Gasteiger partial charge in [0, 0.05) is 18.5 Å². The van der Waals surface area contributed by atoms with Crippen LogP contribution in [0.15, 0.2) is 76.8 Å². The van der Waals surface area contributed by atoms with Gasteiger partial charge in [-0.25, -0.2) is 0 Å². The van der Waals surface area contributed by atoms with Gasteiger partial charge in [0.2, 0.25) is 5.91 Å². The topological polar surface area (TPSA) is 113 Å². The standard InChI is InChI=1S/C28H28N4O3S2/c1-2-12-30-27(34)24(32-28(35)25-4-3-13-37-25)15-18-5-7-19(8-6-18)26(33)31-23-16-20(9-10-22(23)29)21-11-14-36-17-21/h3-11,13-14,16-17,24H,2,12,15,29H2,1H3,(H,30,34)(H,31,33)(H,32,35)/t24-/m0/s1. The van der Waals surface area contributed by atoms with Crippen LogP contribution in [0.3, 0.4) is 0 Å². The molecule has 1 atom stereocenters. The maximum absolute atomic E-state index is 12.9. The van der Waals surface area contributed by atoms with Crippen LogP contribution in [0.5, 0.6) is 0 Å². The maximum Gasteiger partial charge on any atom is 0.262 e. The summed E-state index contributed by atoms with van der Waals surface area (Å²) >= 11 is 2.92. The lowest BCUT2D eigenvalue weighted by Crippen LogP contribution is -2.48. The van der Waals surface area contributed by atoms with Gasteiger partial charge < -0.3 is 21.7 Å². The van der Waals surface area contributed by atoms with Gasteiger partial charge in [-0.05, 0) is 75.6 Å². The highest BCUT2D eigenvalue weighted by Gasteiger charge is 2.22. The van der Waals surface area contributed by atoms with Crippen molar-refractivity contribution in [3.8, 4) is 11.1 Å². The number of carbonyl (C=O) groups is 3. The Morgan fingerprint density at radius 1 is 0.946 bits per heavy atom. The molecule has 2 aromatic heterocycles. The van der Waals surface area contributed by atoms with E-state index in [9.17, 15) is 14.4 Å².